The van der Waals surface area contributed by atoms with E-state index in [1.54, 1.807) is 0 Å². The maximum Gasteiger partial charge on any atom is 0.542 e. The Morgan fingerprint density at radius 2 is 0.857 bits per heavy atom. The fraction of sp³-hybridized carbons (Fsp3) is 0.0556. The van der Waals surface area contributed by atoms with Crippen LogP contribution in [0.4, 0.5) is 34.1 Å². The zero-order valence-corrected chi connectivity index (χ0v) is 22.2. The Morgan fingerprint density at radius 1 is 0.500 bits per heavy atom. The van der Waals surface area contributed by atoms with E-state index in [0.29, 0.717) is 22.3 Å². The van der Waals surface area contributed by atoms with Crippen LogP contribution in [0.5, 0.6) is 0 Å². The van der Waals surface area contributed by atoms with Gasteiger partial charge in [-0.15, -0.1) is 0 Å². The molecule has 0 saturated carbocycles. The number of para-hydroxylation sites is 4. The van der Waals surface area contributed by atoms with Gasteiger partial charge in [-0.3, -0.25) is 0 Å². The number of benzene rings is 5. The molecule has 0 spiro atoms. The Morgan fingerprint density at radius 3 is 1.24 bits per heavy atom. The highest BCUT2D eigenvalue weighted by Gasteiger charge is 2.56. The molecule has 0 saturated heterocycles. The Balaban J connectivity index is 1.47. The van der Waals surface area contributed by atoms with Gasteiger partial charge in [0.05, 0.1) is 34.9 Å². The van der Waals surface area contributed by atoms with E-state index in [9.17, 15) is 10.5 Å². The minimum atomic E-state index is -1.47. The van der Waals surface area contributed by atoms with Gasteiger partial charge in [-0.25, -0.2) is 22.8 Å². The molecular formula is C36H20N6. The summed E-state index contributed by atoms with van der Waals surface area (Å²) >= 11 is 0. The number of anilines is 6. The van der Waals surface area contributed by atoms with Crippen molar-refractivity contribution in [3.05, 3.63) is 166 Å². The molecule has 194 valence electrons. The molecule has 0 amide bonds. The zero-order chi connectivity index (χ0) is 28.9. The molecule has 42 heavy (non-hydrogen) atoms. The standard InChI is InChI=1S/C36H20N6/c1-39-36(40-2)29-16-5-9-20-33(29)42(34-21-10-6-17-30(34)36)26-13-11-12-25(22-26)41-31-18-7-3-14-27(31)35(23-37,24-38)28-15-4-8-19-32(28)41/h3-22H. The molecule has 2 aliphatic heterocycles. The van der Waals surface area contributed by atoms with Crippen molar-refractivity contribution in [2.24, 2.45) is 0 Å². The summed E-state index contributed by atoms with van der Waals surface area (Å²) in [6.07, 6.45) is 0. The third-order valence-corrected chi connectivity index (χ3v) is 8.14. The molecule has 0 N–H and O–H groups in total. The molecule has 2 heterocycles. The molecule has 0 unspecified atom stereocenters. The molecule has 0 bridgehead atoms. The van der Waals surface area contributed by atoms with Gasteiger partial charge in [0.15, 0.2) is 16.5 Å². The second-order valence-corrected chi connectivity index (χ2v) is 10.1. The van der Waals surface area contributed by atoms with Gasteiger partial charge in [-0.2, -0.15) is 10.5 Å². The van der Waals surface area contributed by atoms with Crippen molar-refractivity contribution in [2.75, 3.05) is 9.80 Å². The molecule has 0 aliphatic carbocycles. The first-order valence-electron chi connectivity index (χ1n) is 13.3. The van der Waals surface area contributed by atoms with Gasteiger partial charge < -0.3 is 9.80 Å². The van der Waals surface area contributed by atoms with E-state index in [2.05, 4.69) is 37.7 Å². The van der Waals surface area contributed by atoms with Gasteiger partial charge in [-0.05, 0) is 54.6 Å². The molecule has 0 radical (unpaired) electrons. The van der Waals surface area contributed by atoms with Crippen LogP contribution in [0, 0.1) is 35.8 Å². The quantitative estimate of drug-likeness (QED) is 0.212. The van der Waals surface area contributed by atoms with Crippen LogP contribution in [0.15, 0.2) is 121 Å². The second-order valence-electron chi connectivity index (χ2n) is 10.1. The van der Waals surface area contributed by atoms with E-state index in [1.165, 1.54) is 0 Å². The Kier molecular flexibility index (Phi) is 5.35. The van der Waals surface area contributed by atoms with Crippen molar-refractivity contribution in [2.45, 2.75) is 11.1 Å². The Bertz CT molecular complexity index is 1810. The summed E-state index contributed by atoms with van der Waals surface area (Å²) in [4.78, 5) is 12.0. The van der Waals surface area contributed by atoms with Gasteiger partial charge in [-0.1, -0.05) is 66.7 Å². The van der Waals surface area contributed by atoms with Gasteiger partial charge in [0.25, 0.3) is 0 Å². The normalized spacial score (nSPS) is 14.9. The van der Waals surface area contributed by atoms with Crippen LogP contribution in [-0.2, 0) is 11.1 Å². The maximum atomic E-state index is 10.3. The first kappa shape index (κ1) is 24.7. The van der Waals surface area contributed by atoms with Crippen molar-refractivity contribution >= 4 is 34.1 Å². The van der Waals surface area contributed by atoms with E-state index in [-0.39, 0.29) is 0 Å². The van der Waals surface area contributed by atoms with Crippen LogP contribution in [0.1, 0.15) is 22.3 Å². The van der Waals surface area contributed by atoms with E-state index in [1.807, 2.05) is 115 Å². The van der Waals surface area contributed by atoms with Crippen molar-refractivity contribution < 1.29 is 0 Å². The molecular weight excluding hydrogens is 516 g/mol. The summed E-state index contributed by atoms with van der Waals surface area (Å²) in [5.74, 6) is 0. The van der Waals surface area contributed by atoms with Gasteiger partial charge in [0.2, 0.25) is 0 Å². The van der Waals surface area contributed by atoms with Gasteiger partial charge in [0, 0.05) is 22.5 Å². The van der Waals surface area contributed by atoms with E-state index in [4.69, 9.17) is 13.1 Å². The van der Waals surface area contributed by atoms with E-state index >= 15 is 0 Å². The summed E-state index contributed by atoms with van der Waals surface area (Å²) in [7, 11) is 0. The third kappa shape index (κ3) is 3.10. The SMILES string of the molecule is [C-]#[N+]C1([N+]#[C-])c2ccccc2N(c2cccc(N3c4ccccc4C(C#N)(C#N)c4ccccc43)c2)c2ccccc21. The largest absolute Gasteiger partial charge is 0.542 e. The third-order valence-electron chi connectivity index (χ3n) is 8.14. The minimum absolute atomic E-state index is 0.631. The van der Waals surface area contributed by atoms with Crippen molar-refractivity contribution in [3.63, 3.8) is 0 Å². The molecule has 7 rings (SSSR count). The predicted molar refractivity (Wildman–Crippen MR) is 162 cm³/mol. The first-order chi connectivity index (χ1) is 20.6. The van der Waals surface area contributed by atoms with Crippen molar-refractivity contribution in [1.29, 1.82) is 10.5 Å². The first-order valence-corrected chi connectivity index (χ1v) is 13.3. The molecule has 6 heteroatoms. The fourth-order valence-corrected chi connectivity index (χ4v) is 6.31. The Hall–Kier alpha value is -6.34. The van der Waals surface area contributed by atoms with E-state index in [0.717, 1.165) is 34.1 Å². The summed E-state index contributed by atoms with van der Waals surface area (Å²) in [5, 5.41) is 20.7. The average Bonchev–Trinajstić information content (AvgIpc) is 3.06. The fourth-order valence-electron chi connectivity index (χ4n) is 6.31. The number of fused-ring (bicyclic) bond motifs is 4. The highest BCUT2D eigenvalue weighted by Crippen LogP contribution is 2.55. The van der Waals surface area contributed by atoms with Crippen molar-refractivity contribution in [3.8, 4) is 12.1 Å². The van der Waals surface area contributed by atoms with Crippen LogP contribution in [0.3, 0.4) is 0 Å². The number of nitriles is 2. The summed E-state index contributed by atoms with van der Waals surface area (Å²) in [6.45, 7) is 16.2. The van der Waals surface area contributed by atoms with Crippen molar-refractivity contribution in [1.82, 2.24) is 0 Å². The lowest BCUT2D eigenvalue weighted by molar-refractivity contribution is 0.783. The van der Waals surface area contributed by atoms with Crippen LogP contribution in [-0.4, -0.2) is 0 Å². The lowest BCUT2D eigenvalue weighted by Crippen LogP contribution is -2.33. The number of hydrogen-bond acceptors (Lipinski definition) is 4. The van der Waals surface area contributed by atoms with Gasteiger partial charge >= 0.3 is 5.66 Å². The van der Waals surface area contributed by atoms with E-state index < -0.39 is 11.1 Å². The topological polar surface area (TPSA) is 62.8 Å². The lowest BCUT2D eigenvalue weighted by Gasteiger charge is -2.39. The molecule has 0 atom stereocenters. The van der Waals surface area contributed by atoms with Crippen LogP contribution in [0.2, 0.25) is 0 Å². The number of rotatable bonds is 2. The number of hydrogen-bond donors (Lipinski definition) is 0. The summed E-state index contributed by atoms with van der Waals surface area (Å²) in [6, 6.07) is 43.0. The molecule has 6 nitrogen and oxygen atoms in total. The molecule has 0 aromatic heterocycles. The smallest absolute Gasteiger partial charge is 0.310 e. The highest BCUT2D eigenvalue weighted by molar-refractivity contribution is 5.92. The molecule has 0 fully saturated rings. The maximum absolute atomic E-state index is 10.3. The van der Waals surface area contributed by atoms with Gasteiger partial charge in [0.1, 0.15) is 0 Å². The molecule has 2 aliphatic rings. The highest BCUT2D eigenvalue weighted by atomic mass is 15.2. The monoisotopic (exact) mass is 536 g/mol. The predicted octanol–water partition coefficient (Wildman–Crippen LogP) is 8.63. The summed E-state index contributed by atoms with van der Waals surface area (Å²) < 4.78 is 0. The number of nitrogens with zero attached hydrogens (tertiary/aromatic N) is 6. The summed E-state index contributed by atoms with van der Waals surface area (Å²) in [5.41, 5.74) is 4.40. The van der Waals surface area contributed by atoms with Crippen LogP contribution in [0.25, 0.3) is 9.69 Å². The van der Waals surface area contributed by atoms with Crippen LogP contribution < -0.4 is 9.80 Å². The zero-order valence-electron chi connectivity index (χ0n) is 22.2. The average molecular weight is 537 g/mol. The minimum Gasteiger partial charge on any atom is -0.310 e. The van der Waals surface area contributed by atoms with Crippen LogP contribution >= 0.6 is 0 Å². The molecule has 5 aromatic carbocycles. The molecule has 5 aromatic rings. The Labute approximate surface area is 243 Å². The lowest BCUT2D eigenvalue weighted by atomic mass is 9.72. The second kappa shape index (κ2) is 9.11.